The molecule has 1 unspecified atom stereocenters. The lowest BCUT2D eigenvalue weighted by Gasteiger charge is -2.24. The normalized spacial score (nSPS) is 19.8. The van der Waals surface area contributed by atoms with Crippen molar-refractivity contribution in [2.24, 2.45) is 5.92 Å². The van der Waals surface area contributed by atoms with E-state index in [1.165, 1.54) is 6.92 Å². The summed E-state index contributed by atoms with van der Waals surface area (Å²) in [5.74, 6) is 0.147. The van der Waals surface area contributed by atoms with Gasteiger partial charge in [-0.3, -0.25) is 4.79 Å². The van der Waals surface area contributed by atoms with Gasteiger partial charge in [0.25, 0.3) is 0 Å². The van der Waals surface area contributed by atoms with E-state index in [0.717, 1.165) is 19.4 Å². The maximum absolute atomic E-state index is 11.8. The van der Waals surface area contributed by atoms with E-state index in [0.29, 0.717) is 19.1 Å². The summed E-state index contributed by atoms with van der Waals surface area (Å²) in [6.45, 7) is 8.83. The number of carbonyl (C=O) groups excluding carboxylic acids is 2. The fraction of sp³-hybridized carbons (Fsp3) is 0.846. The Balaban J connectivity index is 2.28. The molecule has 0 bridgehead atoms. The highest BCUT2D eigenvalue weighted by atomic mass is 16.6. The second kappa shape index (κ2) is 6.07. The minimum absolute atomic E-state index is 0.252. The van der Waals surface area contributed by atoms with Crippen LogP contribution in [0.4, 0.5) is 4.79 Å². The number of hydrogen-bond donors (Lipinski definition) is 0. The number of esters is 1. The average Bonchev–Trinajstić information content (AvgIpc) is 2.63. The maximum atomic E-state index is 11.8. The van der Waals surface area contributed by atoms with Gasteiger partial charge in [-0.15, -0.1) is 0 Å². The monoisotopic (exact) mass is 257 g/mol. The molecule has 5 heteroatoms. The Morgan fingerprint density at radius 3 is 2.56 bits per heavy atom. The Kier molecular flexibility index (Phi) is 4.99. The second-order valence-corrected chi connectivity index (χ2v) is 5.71. The molecular formula is C13H23NO4. The predicted octanol–water partition coefficient (Wildman–Crippen LogP) is 2.20. The molecule has 0 aromatic heterocycles. The highest BCUT2D eigenvalue weighted by Gasteiger charge is 2.29. The van der Waals surface area contributed by atoms with Crippen molar-refractivity contribution < 1.29 is 19.1 Å². The van der Waals surface area contributed by atoms with Crippen LogP contribution in [-0.2, 0) is 14.3 Å². The van der Waals surface area contributed by atoms with Crippen molar-refractivity contribution in [2.75, 3.05) is 19.7 Å². The lowest BCUT2D eigenvalue weighted by Crippen LogP contribution is -2.35. The lowest BCUT2D eigenvalue weighted by molar-refractivity contribution is -0.141. The van der Waals surface area contributed by atoms with Crippen molar-refractivity contribution in [3.8, 4) is 0 Å². The Hall–Kier alpha value is -1.26. The van der Waals surface area contributed by atoms with Gasteiger partial charge >= 0.3 is 12.1 Å². The zero-order valence-corrected chi connectivity index (χ0v) is 11.7. The van der Waals surface area contributed by atoms with E-state index >= 15 is 0 Å². The van der Waals surface area contributed by atoms with E-state index in [4.69, 9.17) is 9.47 Å². The van der Waals surface area contributed by atoms with Crippen LogP contribution >= 0.6 is 0 Å². The van der Waals surface area contributed by atoms with E-state index in [2.05, 4.69) is 0 Å². The van der Waals surface area contributed by atoms with Gasteiger partial charge in [-0.25, -0.2) is 4.79 Å². The minimum Gasteiger partial charge on any atom is -0.466 e. The molecule has 5 nitrogen and oxygen atoms in total. The molecule has 0 spiro atoms. The number of ether oxygens (including phenoxy) is 2. The van der Waals surface area contributed by atoms with Crippen LogP contribution in [0.2, 0.25) is 0 Å². The van der Waals surface area contributed by atoms with Crippen LogP contribution in [0, 0.1) is 5.92 Å². The summed E-state index contributed by atoms with van der Waals surface area (Å²) in [5.41, 5.74) is -0.451. The molecule has 1 saturated heterocycles. The molecule has 1 atom stereocenters. The summed E-state index contributed by atoms with van der Waals surface area (Å²) in [7, 11) is 0. The van der Waals surface area contributed by atoms with Crippen molar-refractivity contribution in [3.05, 3.63) is 0 Å². The quantitative estimate of drug-likeness (QED) is 0.727. The van der Waals surface area contributed by atoms with Gasteiger partial charge in [-0.2, -0.15) is 0 Å². The SMILES string of the molecule is CC(=O)OCCC1CCN(C(=O)OC(C)(C)C)C1. The first kappa shape index (κ1) is 14.8. The van der Waals surface area contributed by atoms with Crippen molar-refractivity contribution in [2.45, 2.75) is 46.1 Å². The fourth-order valence-corrected chi connectivity index (χ4v) is 1.93. The number of amides is 1. The third-order valence-corrected chi connectivity index (χ3v) is 2.77. The van der Waals surface area contributed by atoms with E-state index in [1.54, 1.807) is 4.90 Å². The van der Waals surface area contributed by atoms with Gasteiger partial charge in [0.05, 0.1) is 6.61 Å². The Bertz CT molecular complexity index is 309. The molecule has 0 radical (unpaired) electrons. The lowest BCUT2D eigenvalue weighted by atomic mass is 10.1. The van der Waals surface area contributed by atoms with Crippen LogP contribution in [-0.4, -0.2) is 42.3 Å². The largest absolute Gasteiger partial charge is 0.466 e. The predicted molar refractivity (Wildman–Crippen MR) is 67.2 cm³/mol. The molecule has 18 heavy (non-hydrogen) atoms. The molecular weight excluding hydrogens is 234 g/mol. The van der Waals surface area contributed by atoms with Crippen LogP contribution in [0.3, 0.4) is 0 Å². The Labute approximate surface area is 108 Å². The zero-order chi connectivity index (χ0) is 13.8. The number of likely N-dealkylation sites (tertiary alicyclic amines) is 1. The fourth-order valence-electron chi connectivity index (χ4n) is 1.93. The summed E-state index contributed by atoms with van der Waals surface area (Å²) in [6, 6.07) is 0. The van der Waals surface area contributed by atoms with Gasteiger partial charge in [0.15, 0.2) is 0 Å². The molecule has 1 aliphatic heterocycles. The van der Waals surface area contributed by atoms with Gasteiger partial charge in [0.1, 0.15) is 5.60 Å². The molecule has 1 amide bonds. The summed E-state index contributed by atoms with van der Waals surface area (Å²) in [6.07, 6.45) is 1.50. The summed E-state index contributed by atoms with van der Waals surface area (Å²) in [4.78, 5) is 24.2. The number of rotatable bonds is 3. The third-order valence-electron chi connectivity index (χ3n) is 2.77. The van der Waals surface area contributed by atoms with Gasteiger partial charge in [0, 0.05) is 20.0 Å². The van der Waals surface area contributed by atoms with E-state index in [9.17, 15) is 9.59 Å². The molecule has 0 N–H and O–H groups in total. The molecule has 0 aromatic carbocycles. The molecule has 1 fully saturated rings. The van der Waals surface area contributed by atoms with Gasteiger partial charge in [0.2, 0.25) is 0 Å². The van der Waals surface area contributed by atoms with Crippen LogP contribution in [0.15, 0.2) is 0 Å². The summed E-state index contributed by atoms with van der Waals surface area (Å²) >= 11 is 0. The zero-order valence-electron chi connectivity index (χ0n) is 11.7. The van der Waals surface area contributed by atoms with Crippen molar-refractivity contribution >= 4 is 12.1 Å². The molecule has 0 aliphatic carbocycles. The topological polar surface area (TPSA) is 55.8 Å². The molecule has 1 rings (SSSR count). The van der Waals surface area contributed by atoms with Crippen molar-refractivity contribution in [1.82, 2.24) is 4.90 Å². The smallest absolute Gasteiger partial charge is 0.410 e. The highest BCUT2D eigenvalue weighted by Crippen LogP contribution is 2.21. The first-order valence-electron chi connectivity index (χ1n) is 6.39. The molecule has 1 aliphatic rings. The highest BCUT2D eigenvalue weighted by molar-refractivity contribution is 5.68. The molecule has 104 valence electrons. The van der Waals surface area contributed by atoms with E-state index < -0.39 is 5.60 Å². The van der Waals surface area contributed by atoms with E-state index in [1.807, 2.05) is 20.8 Å². The van der Waals surface area contributed by atoms with Crippen molar-refractivity contribution in [3.63, 3.8) is 0 Å². The third kappa shape index (κ3) is 5.38. The Morgan fingerprint density at radius 2 is 2.00 bits per heavy atom. The minimum atomic E-state index is -0.451. The average molecular weight is 257 g/mol. The molecule has 0 aromatic rings. The number of nitrogens with zero attached hydrogens (tertiary/aromatic N) is 1. The van der Waals surface area contributed by atoms with Gasteiger partial charge in [-0.05, 0) is 39.5 Å². The van der Waals surface area contributed by atoms with E-state index in [-0.39, 0.29) is 12.1 Å². The van der Waals surface area contributed by atoms with Gasteiger partial charge in [-0.1, -0.05) is 0 Å². The first-order valence-corrected chi connectivity index (χ1v) is 6.39. The maximum Gasteiger partial charge on any atom is 0.410 e. The van der Waals surface area contributed by atoms with Crippen LogP contribution in [0.1, 0.15) is 40.5 Å². The van der Waals surface area contributed by atoms with Crippen molar-refractivity contribution in [1.29, 1.82) is 0 Å². The second-order valence-electron chi connectivity index (χ2n) is 5.71. The molecule has 0 saturated carbocycles. The number of carbonyl (C=O) groups is 2. The standard InChI is InChI=1S/C13H23NO4/c1-10(15)17-8-6-11-5-7-14(9-11)12(16)18-13(2,3)4/h11H,5-9H2,1-4H3. The summed E-state index contributed by atoms with van der Waals surface area (Å²) in [5, 5.41) is 0. The number of hydrogen-bond acceptors (Lipinski definition) is 4. The van der Waals surface area contributed by atoms with Crippen LogP contribution in [0.5, 0.6) is 0 Å². The first-order chi connectivity index (χ1) is 8.28. The van der Waals surface area contributed by atoms with Crippen LogP contribution < -0.4 is 0 Å². The van der Waals surface area contributed by atoms with Crippen LogP contribution in [0.25, 0.3) is 0 Å². The Morgan fingerprint density at radius 1 is 1.33 bits per heavy atom. The molecule has 1 heterocycles. The van der Waals surface area contributed by atoms with Gasteiger partial charge < -0.3 is 14.4 Å². The summed E-state index contributed by atoms with van der Waals surface area (Å²) < 4.78 is 10.2.